The average molecular weight is 260 g/mol. The van der Waals surface area contributed by atoms with E-state index < -0.39 is 0 Å². The molecule has 6 nitrogen and oxygen atoms in total. The highest BCUT2D eigenvalue weighted by atomic mass is 15.4. The van der Waals surface area contributed by atoms with Crippen LogP contribution in [-0.4, -0.2) is 31.5 Å². The first-order valence-corrected chi connectivity index (χ1v) is 6.59. The third kappa shape index (κ3) is 3.07. The molecule has 0 aliphatic heterocycles. The van der Waals surface area contributed by atoms with Crippen molar-refractivity contribution in [1.29, 1.82) is 0 Å². The van der Waals surface area contributed by atoms with Gasteiger partial charge >= 0.3 is 0 Å². The molecule has 0 spiro atoms. The Labute approximate surface area is 113 Å². The molecule has 0 radical (unpaired) electrons. The second kappa shape index (κ2) is 5.77. The fourth-order valence-corrected chi connectivity index (χ4v) is 1.72. The first-order valence-electron chi connectivity index (χ1n) is 6.59. The van der Waals surface area contributed by atoms with Crippen LogP contribution in [0.4, 0.5) is 5.82 Å². The number of nitrogens with zero attached hydrogens (tertiary/aromatic N) is 5. The van der Waals surface area contributed by atoms with E-state index in [1.165, 1.54) is 0 Å². The molecule has 0 amide bonds. The van der Waals surface area contributed by atoms with Crippen LogP contribution in [0.1, 0.15) is 38.9 Å². The molecule has 0 aromatic carbocycles. The van der Waals surface area contributed by atoms with Crippen LogP contribution >= 0.6 is 0 Å². The highest BCUT2D eigenvalue weighted by Crippen LogP contribution is 2.21. The summed E-state index contributed by atoms with van der Waals surface area (Å²) >= 11 is 0. The largest absolute Gasteiger partial charge is 0.370 e. The van der Waals surface area contributed by atoms with Gasteiger partial charge < -0.3 is 5.32 Å². The summed E-state index contributed by atoms with van der Waals surface area (Å²) in [6, 6.07) is 1.94. The Morgan fingerprint density at radius 2 is 2.11 bits per heavy atom. The van der Waals surface area contributed by atoms with Gasteiger partial charge in [-0.1, -0.05) is 26.0 Å². The Morgan fingerprint density at radius 1 is 1.32 bits per heavy atom. The van der Waals surface area contributed by atoms with Gasteiger partial charge in [-0.25, -0.2) is 14.6 Å². The van der Waals surface area contributed by atoms with Crippen LogP contribution in [0.15, 0.2) is 12.3 Å². The average Bonchev–Trinajstić information content (AvgIpc) is 2.82. The van der Waals surface area contributed by atoms with Crippen LogP contribution in [0, 0.1) is 0 Å². The summed E-state index contributed by atoms with van der Waals surface area (Å²) in [4.78, 5) is 9.13. The number of anilines is 1. The van der Waals surface area contributed by atoms with Gasteiger partial charge in [0.25, 0.3) is 0 Å². The van der Waals surface area contributed by atoms with Crippen molar-refractivity contribution < 1.29 is 0 Å². The maximum absolute atomic E-state index is 4.59. The standard InChI is InChI=1S/C13H20N6/c1-5-6-14-12-7-10(11-8-15-18-19(11)4)16-13(17-12)9(2)3/h7-9H,5-6H2,1-4H3,(H,14,16,17). The van der Waals surface area contributed by atoms with Crippen molar-refractivity contribution in [2.45, 2.75) is 33.1 Å². The molecule has 2 aromatic heterocycles. The van der Waals surface area contributed by atoms with E-state index in [1.807, 2.05) is 13.1 Å². The van der Waals surface area contributed by atoms with E-state index >= 15 is 0 Å². The number of hydrogen-bond donors (Lipinski definition) is 1. The highest BCUT2D eigenvalue weighted by molar-refractivity contribution is 5.58. The van der Waals surface area contributed by atoms with Crippen LogP contribution in [-0.2, 0) is 7.05 Å². The summed E-state index contributed by atoms with van der Waals surface area (Å²) in [5, 5.41) is 11.2. The van der Waals surface area contributed by atoms with Gasteiger partial charge in [0, 0.05) is 25.6 Å². The first-order chi connectivity index (χ1) is 9.11. The number of aryl methyl sites for hydroxylation is 1. The number of hydrogen-bond acceptors (Lipinski definition) is 5. The van der Waals surface area contributed by atoms with Crippen LogP contribution < -0.4 is 5.32 Å². The zero-order chi connectivity index (χ0) is 13.8. The molecule has 2 rings (SSSR count). The molecule has 2 heterocycles. The van der Waals surface area contributed by atoms with Crippen LogP contribution in [0.2, 0.25) is 0 Å². The second-order valence-corrected chi connectivity index (χ2v) is 4.82. The van der Waals surface area contributed by atoms with Crippen molar-refractivity contribution in [1.82, 2.24) is 25.0 Å². The van der Waals surface area contributed by atoms with Gasteiger partial charge in [-0.2, -0.15) is 0 Å². The lowest BCUT2D eigenvalue weighted by molar-refractivity contribution is 0.716. The van der Waals surface area contributed by atoms with Gasteiger partial charge in [0.15, 0.2) is 0 Å². The van der Waals surface area contributed by atoms with E-state index in [-0.39, 0.29) is 5.92 Å². The van der Waals surface area contributed by atoms with Gasteiger partial charge in [-0.15, -0.1) is 5.10 Å². The molecule has 0 fully saturated rings. The molecule has 0 atom stereocenters. The fourth-order valence-electron chi connectivity index (χ4n) is 1.72. The molecule has 0 unspecified atom stereocenters. The summed E-state index contributed by atoms with van der Waals surface area (Å²) in [7, 11) is 1.86. The summed E-state index contributed by atoms with van der Waals surface area (Å²) in [5.41, 5.74) is 1.74. The van der Waals surface area contributed by atoms with Crippen LogP contribution in [0.5, 0.6) is 0 Å². The van der Waals surface area contributed by atoms with E-state index in [1.54, 1.807) is 10.9 Å². The first kappa shape index (κ1) is 13.5. The van der Waals surface area contributed by atoms with Crippen molar-refractivity contribution >= 4 is 5.82 Å². The minimum absolute atomic E-state index is 0.281. The molecule has 0 bridgehead atoms. The molecule has 19 heavy (non-hydrogen) atoms. The van der Waals surface area contributed by atoms with Crippen molar-refractivity contribution in [2.75, 3.05) is 11.9 Å². The van der Waals surface area contributed by atoms with Crippen molar-refractivity contribution in [3.63, 3.8) is 0 Å². The lowest BCUT2D eigenvalue weighted by Gasteiger charge is -2.11. The Balaban J connectivity index is 2.42. The Morgan fingerprint density at radius 3 is 2.68 bits per heavy atom. The number of nitrogens with one attached hydrogen (secondary N) is 1. The fraction of sp³-hybridized carbons (Fsp3) is 0.538. The highest BCUT2D eigenvalue weighted by Gasteiger charge is 2.12. The van der Waals surface area contributed by atoms with Gasteiger partial charge in [0.2, 0.25) is 0 Å². The van der Waals surface area contributed by atoms with Gasteiger partial charge in [0.1, 0.15) is 17.3 Å². The molecule has 1 N–H and O–H groups in total. The topological polar surface area (TPSA) is 68.5 Å². The van der Waals surface area contributed by atoms with Crippen molar-refractivity contribution in [3.8, 4) is 11.4 Å². The lowest BCUT2D eigenvalue weighted by Crippen LogP contribution is -2.08. The Hall–Kier alpha value is -1.98. The summed E-state index contributed by atoms with van der Waals surface area (Å²) in [5.74, 6) is 1.97. The second-order valence-electron chi connectivity index (χ2n) is 4.82. The molecule has 6 heteroatoms. The quantitative estimate of drug-likeness (QED) is 0.892. The van der Waals surface area contributed by atoms with E-state index in [4.69, 9.17) is 0 Å². The van der Waals surface area contributed by atoms with Gasteiger partial charge in [-0.05, 0) is 6.42 Å². The predicted octanol–water partition coefficient (Wildman–Crippen LogP) is 2.22. The van der Waals surface area contributed by atoms with Gasteiger partial charge in [0.05, 0.1) is 11.9 Å². The smallest absolute Gasteiger partial charge is 0.134 e. The van der Waals surface area contributed by atoms with E-state index in [9.17, 15) is 0 Å². The Kier molecular flexibility index (Phi) is 4.09. The van der Waals surface area contributed by atoms with E-state index in [0.29, 0.717) is 0 Å². The van der Waals surface area contributed by atoms with Gasteiger partial charge in [-0.3, -0.25) is 0 Å². The SMILES string of the molecule is CCCNc1cc(-c2cnnn2C)nc(C(C)C)n1. The minimum atomic E-state index is 0.281. The predicted molar refractivity (Wildman–Crippen MR) is 74.9 cm³/mol. The van der Waals surface area contributed by atoms with Crippen molar-refractivity contribution in [3.05, 3.63) is 18.1 Å². The van der Waals surface area contributed by atoms with Crippen LogP contribution in [0.3, 0.4) is 0 Å². The Bertz CT molecular complexity index is 546. The molecule has 0 saturated heterocycles. The molecular weight excluding hydrogens is 240 g/mol. The maximum atomic E-state index is 4.59. The molecule has 102 valence electrons. The van der Waals surface area contributed by atoms with E-state index in [0.717, 1.165) is 36.0 Å². The van der Waals surface area contributed by atoms with E-state index in [2.05, 4.69) is 46.4 Å². The maximum Gasteiger partial charge on any atom is 0.134 e. The third-order valence-electron chi connectivity index (χ3n) is 2.79. The lowest BCUT2D eigenvalue weighted by atomic mass is 10.2. The molecule has 0 aliphatic carbocycles. The molecule has 0 saturated carbocycles. The monoisotopic (exact) mass is 260 g/mol. The zero-order valence-corrected chi connectivity index (χ0v) is 11.9. The summed E-state index contributed by atoms with van der Waals surface area (Å²) < 4.78 is 1.72. The molecular formula is C13H20N6. The number of rotatable bonds is 5. The summed E-state index contributed by atoms with van der Waals surface area (Å²) in [6.45, 7) is 7.20. The summed E-state index contributed by atoms with van der Waals surface area (Å²) in [6.07, 6.45) is 2.78. The normalized spacial score (nSPS) is 11.0. The third-order valence-corrected chi connectivity index (χ3v) is 2.79. The molecule has 0 aliphatic rings. The molecule has 2 aromatic rings. The minimum Gasteiger partial charge on any atom is -0.370 e. The zero-order valence-electron chi connectivity index (χ0n) is 11.9. The number of aromatic nitrogens is 5. The van der Waals surface area contributed by atoms with Crippen LogP contribution in [0.25, 0.3) is 11.4 Å². The van der Waals surface area contributed by atoms with Crippen molar-refractivity contribution in [2.24, 2.45) is 7.05 Å².